The molecule has 3 aromatic rings. The number of rotatable bonds is 6. The van der Waals surface area contributed by atoms with Gasteiger partial charge in [-0.3, -0.25) is 9.59 Å². The Morgan fingerprint density at radius 3 is 2.96 bits per heavy atom. The third-order valence-corrected chi connectivity index (χ3v) is 3.59. The lowest BCUT2D eigenvalue weighted by molar-refractivity contribution is 0.0955. The zero-order chi connectivity index (χ0) is 17.8. The number of hydrogen-bond acceptors (Lipinski definition) is 6. The van der Waals surface area contributed by atoms with Gasteiger partial charge in [0.1, 0.15) is 22.9 Å². The van der Waals surface area contributed by atoms with E-state index in [4.69, 9.17) is 0 Å². The molecule has 0 aliphatic rings. The van der Waals surface area contributed by atoms with Gasteiger partial charge >= 0.3 is 0 Å². The number of aromatic nitrogens is 4. The van der Waals surface area contributed by atoms with E-state index in [1.807, 2.05) is 6.92 Å². The average Bonchev–Trinajstić information content (AvgIpc) is 3.05. The van der Waals surface area contributed by atoms with Gasteiger partial charge in [-0.15, -0.1) is 0 Å². The summed E-state index contributed by atoms with van der Waals surface area (Å²) < 4.78 is 1.54. The molecule has 0 saturated heterocycles. The van der Waals surface area contributed by atoms with Crippen LogP contribution in [0.5, 0.6) is 0 Å². The third kappa shape index (κ3) is 3.30. The van der Waals surface area contributed by atoms with Gasteiger partial charge in [-0.1, -0.05) is 6.92 Å². The van der Waals surface area contributed by atoms with Gasteiger partial charge in [-0.2, -0.15) is 9.61 Å². The minimum atomic E-state index is -0.260. The first-order valence-corrected chi connectivity index (χ1v) is 7.93. The molecule has 1 amide bonds. The maximum Gasteiger partial charge on any atom is 0.271 e. The zero-order valence-electron chi connectivity index (χ0n) is 14.0. The molecular weight excluding hydrogens is 322 g/mol. The van der Waals surface area contributed by atoms with Crippen LogP contribution in [-0.2, 0) is 0 Å². The smallest absolute Gasteiger partial charge is 0.271 e. The predicted molar refractivity (Wildman–Crippen MR) is 95.5 cm³/mol. The highest BCUT2D eigenvalue weighted by atomic mass is 16.1. The second-order valence-corrected chi connectivity index (χ2v) is 5.36. The first-order valence-electron chi connectivity index (χ1n) is 7.93. The largest absolute Gasteiger partial charge is 0.373 e. The van der Waals surface area contributed by atoms with E-state index >= 15 is 0 Å². The number of carbonyl (C=O) groups excluding carboxylic acids is 1. The molecule has 130 valence electrons. The van der Waals surface area contributed by atoms with E-state index in [2.05, 4.69) is 31.0 Å². The van der Waals surface area contributed by atoms with E-state index in [1.54, 1.807) is 36.0 Å². The summed E-state index contributed by atoms with van der Waals surface area (Å²) in [7, 11) is 1.74. The summed E-state index contributed by atoms with van der Waals surface area (Å²) >= 11 is 0. The van der Waals surface area contributed by atoms with Crippen LogP contribution >= 0.6 is 0 Å². The maximum atomic E-state index is 12.3. The highest BCUT2D eigenvalue weighted by molar-refractivity contribution is 6.00. The van der Waals surface area contributed by atoms with E-state index < -0.39 is 0 Å². The van der Waals surface area contributed by atoms with E-state index in [0.717, 1.165) is 6.42 Å². The molecule has 0 saturated carbocycles. The van der Waals surface area contributed by atoms with E-state index in [-0.39, 0.29) is 11.5 Å². The Morgan fingerprint density at radius 1 is 1.40 bits per heavy atom. The molecule has 0 aromatic carbocycles. The van der Waals surface area contributed by atoms with Gasteiger partial charge in [-0.05, 0) is 18.6 Å². The number of hydrogen-bond donors (Lipinski definition) is 4. The summed E-state index contributed by atoms with van der Waals surface area (Å²) in [6.07, 6.45) is 3.87. The fourth-order valence-electron chi connectivity index (χ4n) is 2.36. The normalized spacial score (nSPS) is 10.6. The number of amides is 1. The molecule has 25 heavy (non-hydrogen) atoms. The minimum Gasteiger partial charge on any atom is -0.373 e. The third-order valence-electron chi connectivity index (χ3n) is 3.59. The van der Waals surface area contributed by atoms with Crippen molar-refractivity contribution in [3.05, 3.63) is 46.5 Å². The van der Waals surface area contributed by atoms with Crippen LogP contribution in [0, 0.1) is 0 Å². The number of nitrogens with one attached hydrogen (secondary N) is 4. The molecule has 0 bridgehead atoms. The van der Waals surface area contributed by atoms with Crippen molar-refractivity contribution in [2.75, 3.05) is 24.2 Å². The SMILES string of the molecule is CCCNC(=O)c1cnn2c(NC)cc(Nc3ccc[nH]c3=O)nc12. The number of H-pyrrole nitrogens is 1. The Morgan fingerprint density at radius 2 is 2.24 bits per heavy atom. The van der Waals surface area contributed by atoms with Crippen LogP contribution in [0.4, 0.5) is 17.3 Å². The van der Waals surface area contributed by atoms with E-state index in [1.165, 1.54) is 6.20 Å². The maximum absolute atomic E-state index is 12.3. The second kappa shape index (κ2) is 7.04. The lowest BCUT2D eigenvalue weighted by Gasteiger charge is -2.09. The summed E-state index contributed by atoms with van der Waals surface area (Å²) in [6.45, 7) is 2.56. The molecular formula is C16H19N7O2. The number of fused-ring (bicyclic) bond motifs is 1. The van der Waals surface area contributed by atoms with Crippen LogP contribution in [0.15, 0.2) is 35.4 Å². The number of pyridine rings is 1. The molecule has 0 atom stereocenters. The second-order valence-electron chi connectivity index (χ2n) is 5.36. The standard InChI is InChI=1S/C16H19N7O2/c1-3-6-18-15(24)10-9-20-23-13(17-2)8-12(22-14(10)23)21-11-5-4-7-19-16(11)25/h4-5,7-9,17H,3,6H2,1-2H3,(H,18,24)(H,19,25)(H,21,22). The molecule has 9 heteroatoms. The lowest BCUT2D eigenvalue weighted by Crippen LogP contribution is -2.24. The van der Waals surface area contributed by atoms with Crippen LogP contribution in [0.1, 0.15) is 23.7 Å². The zero-order valence-corrected chi connectivity index (χ0v) is 14.0. The van der Waals surface area contributed by atoms with Crippen LogP contribution in [0.3, 0.4) is 0 Å². The molecule has 3 rings (SSSR count). The molecule has 0 aliphatic heterocycles. The Labute approximate surface area is 143 Å². The monoisotopic (exact) mass is 341 g/mol. The molecule has 4 N–H and O–H groups in total. The first-order chi connectivity index (χ1) is 12.1. The molecule has 3 aromatic heterocycles. The number of anilines is 3. The van der Waals surface area contributed by atoms with Gasteiger partial charge in [-0.25, -0.2) is 4.98 Å². The molecule has 0 spiro atoms. The fourth-order valence-corrected chi connectivity index (χ4v) is 2.36. The Hall–Kier alpha value is -3.36. The van der Waals surface area contributed by atoms with Crippen molar-refractivity contribution >= 4 is 28.9 Å². The van der Waals surface area contributed by atoms with Crippen molar-refractivity contribution < 1.29 is 4.79 Å². The molecule has 0 aliphatic carbocycles. The molecule has 9 nitrogen and oxygen atoms in total. The highest BCUT2D eigenvalue weighted by Gasteiger charge is 2.16. The number of aromatic amines is 1. The topological polar surface area (TPSA) is 116 Å². The van der Waals surface area contributed by atoms with Crippen molar-refractivity contribution in [1.82, 2.24) is 24.9 Å². The van der Waals surface area contributed by atoms with E-state index in [9.17, 15) is 9.59 Å². The summed E-state index contributed by atoms with van der Waals surface area (Å²) in [6, 6.07) is 5.07. The number of nitrogens with zero attached hydrogens (tertiary/aromatic N) is 3. The van der Waals surface area contributed by atoms with Crippen molar-refractivity contribution in [3.8, 4) is 0 Å². The quantitative estimate of drug-likeness (QED) is 0.538. The summed E-state index contributed by atoms with van der Waals surface area (Å²) in [5, 5.41) is 13.0. The van der Waals surface area contributed by atoms with Crippen LogP contribution in [-0.4, -0.2) is 39.1 Å². The fraction of sp³-hybridized carbons (Fsp3) is 0.250. The van der Waals surface area contributed by atoms with Gasteiger partial charge in [0.25, 0.3) is 11.5 Å². The van der Waals surface area contributed by atoms with Crippen molar-refractivity contribution in [2.45, 2.75) is 13.3 Å². The predicted octanol–water partition coefficient (Wildman–Crippen LogP) is 1.34. The highest BCUT2D eigenvalue weighted by Crippen LogP contribution is 2.20. The van der Waals surface area contributed by atoms with Gasteiger partial charge in [0.15, 0.2) is 5.65 Å². The molecule has 0 radical (unpaired) electrons. The van der Waals surface area contributed by atoms with Crippen LogP contribution in [0.25, 0.3) is 5.65 Å². The summed E-state index contributed by atoms with van der Waals surface area (Å²) in [5.41, 5.74) is 0.869. The average molecular weight is 341 g/mol. The van der Waals surface area contributed by atoms with Crippen LogP contribution < -0.4 is 21.5 Å². The number of carbonyl (C=O) groups is 1. The van der Waals surface area contributed by atoms with Gasteiger partial charge in [0, 0.05) is 25.9 Å². The van der Waals surface area contributed by atoms with Gasteiger partial charge < -0.3 is 20.9 Å². The summed E-state index contributed by atoms with van der Waals surface area (Å²) in [4.78, 5) is 31.2. The van der Waals surface area contributed by atoms with Crippen molar-refractivity contribution in [1.29, 1.82) is 0 Å². The van der Waals surface area contributed by atoms with Gasteiger partial charge in [0.05, 0.1) is 6.20 Å². The Bertz CT molecular complexity index is 961. The van der Waals surface area contributed by atoms with Crippen molar-refractivity contribution in [2.24, 2.45) is 0 Å². The van der Waals surface area contributed by atoms with Crippen molar-refractivity contribution in [3.63, 3.8) is 0 Å². The molecule has 3 heterocycles. The lowest BCUT2D eigenvalue weighted by atomic mass is 10.3. The summed E-state index contributed by atoms with van der Waals surface area (Å²) in [5.74, 6) is 0.828. The van der Waals surface area contributed by atoms with Crippen LogP contribution in [0.2, 0.25) is 0 Å². The minimum absolute atomic E-state index is 0.235. The molecule has 0 fully saturated rings. The molecule has 0 unspecified atom stereocenters. The van der Waals surface area contributed by atoms with E-state index in [0.29, 0.717) is 35.1 Å². The first kappa shape index (κ1) is 16.5. The Kier molecular flexibility index (Phi) is 4.64. The van der Waals surface area contributed by atoms with Gasteiger partial charge in [0.2, 0.25) is 0 Å². The Balaban J connectivity index is 2.04.